The van der Waals surface area contributed by atoms with Crippen LogP contribution in [0.25, 0.3) is 0 Å². The number of carboxylic acid groups (broad SMARTS) is 1. The molecule has 0 spiro atoms. The minimum atomic E-state index is -3.73. The van der Waals surface area contributed by atoms with Gasteiger partial charge in [-0.15, -0.1) is 0 Å². The van der Waals surface area contributed by atoms with E-state index in [2.05, 4.69) is 0 Å². The van der Waals surface area contributed by atoms with Gasteiger partial charge in [-0.1, -0.05) is 18.7 Å². The van der Waals surface area contributed by atoms with Crippen LogP contribution < -0.4 is 9.62 Å². The summed E-state index contributed by atoms with van der Waals surface area (Å²) in [5.74, 6) is -0.350. The van der Waals surface area contributed by atoms with E-state index in [1.165, 1.54) is 24.3 Å². The third-order valence-corrected chi connectivity index (χ3v) is 3.53. The zero-order valence-corrected chi connectivity index (χ0v) is 12.7. The van der Waals surface area contributed by atoms with Gasteiger partial charge in [0.2, 0.25) is 0 Å². The van der Waals surface area contributed by atoms with Crippen LogP contribution in [0.2, 0.25) is 0 Å². The Morgan fingerprint density at radius 2 is 1.90 bits per heavy atom. The first-order chi connectivity index (χ1) is 9.81. The largest absolute Gasteiger partial charge is 0.493 e. The molecule has 8 heteroatoms. The van der Waals surface area contributed by atoms with Crippen molar-refractivity contribution < 1.29 is 27.9 Å². The molecule has 21 heavy (non-hydrogen) atoms. The van der Waals surface area contributed by atoms with Gasteiger partial charge >= 0.3 is 5.97 Å². The van der Waals surface area contributed by atoms with Gasteiger partial charge in [0, 0.05) is 0 Å². The summed E-state index contributed by atoms with van der Waals surface area (Å²) in [4.78, 5) is 17.3. The highest BCUT2D eigenvalue weighted by molar-refractivity contribution is 7.89. The lowest BCUT2D eigenvalue weighted by Crippen LogP contribution is -2.25. The number of carbonyl (C=O) groups is 1. The molecule has 0 fully saturated rings. The Kier molecular flexibility index (Phi) is 6.60. The predicted molar refractivity (Wildman–Crippen MR) is 75.3 cm³/mol. The van der Waals surface area contributed by atoms with Crippen molar-refractivity contribution in [2.24, 2.45) is 5.92 Å². The molecule has 0 radical (unpaired) electrons. The lowest BCUT2D eigenvalue weighted by Gasteiger charge is -2.09. The van der Waals surface area contributed by atoms with Crippen molar-refractivity contribution in [3.05, 3.63) is 24.3 Å². The summed E-state index contributed by atoms with van der Waals surface area (Å²) in [6, 6.07) is 5.63. The van der Waals surface area contributed by atoms with Crippen LogP contribution in [0.5, 0.6) is 5.75 Å². The minimum Gasteiger partial charge on any atom is -0.493 e. The van der Waals surface area contributed by atoms with Gasteiger partial charge in [-0.25, -0.2) is 8.42 Å². The van der Waals surface area contributed by atoms with Crippen LogP contribution >= 0.6 is 0 Å². The molecule has 0 saturated heterocycles. The number of rotatable bonds is 9. The van der Waals surface area contributed by atoms with Crippen molar-refractivity contribution in [3.8, 4) is 5.75 Å². The Morgan fingerprint density at radius 3 is 2.43 bits per heavy atom. The summed E-state index contributed by atoms with van der Waals surface area (Å²) in [5, 5.41) is 8.48. The second-order valence-electron chi connectivity index (χ2n) is 4.76. The fourth-order valence-corrected chi connectivity index (χ4v) is 2.11. The molecule has 118 valence electrons. The standard InChI is InChI=1S/C13H19NO6S/c1-10(2)9-20-14-21(17,18)12-5-3-11(4-6-12)19-8-7-13(15)16/h3-6,10,14H,7-9H2,1-2H3,(H,15,16). The van der Waals surface area contributed by atoms with Crippen LogP contribution in [0.1, 0.15) is 20.3 Å². The minimum absolute atomic E-state index is 0.0250. The normalized spacial score (nSPS) is 11.6. The maximum Gasteiger partial charge on any atom is 0.306 e. The number of hydrogen-bond acceptors (Lipinski definition) is 5. The number of benzene rings is 1. The zero-order chi connectivity index (χ0) is 15.9. The average Bonchev–Trinajstić information content (AvgIpc) is 2.38. The monoisotopic (exact) mass is 317 g/mol. The summed E-state index contributed by atoms with van der Waals surface area (Å²) >= 11 is 0. The van der Waals surface area contributed by atoms with E-state index in [9.17, 15) is 13.2 Å². The van der Waals surface area contributed by atoms with Crippen molar-refractivity contribution in [1.82, 2.24) is 4.89 Å². The Morgan fingerprint density at radius 1 is 1.29 bits per heavy atom. The molecular weight excluding hydrogens is 298 g/mol. The molecule has 0 aromatic heterocycles. The Hall–Kier alpha value is -1.64. The first kappa shape index (κ1) is 17.4. The van der Waals surface area contributed by atoms with Crippen molar-refractivity contribution in [2.45, 2.75) is 25.2 Å². The van der Waals surface area contributed by atoms with E-state index in [1.807, 2.05) is 18.7 Å². The van der Waals surface area contributed by atoms with E-state index in [-0.39, 0.29) is 30.4 Å². The summed E-state index contributed by atoms with van der Waals surface area (Å²) < 4.78 is 28.9. The molecule has 1 rings (SSSR count). The maximum absolute atomic E-state index is 11.9. The molecule has 0 bridgehead atoms. The van der Waals surface area contributed by atoms with Gasteiger partial charge in [0.25, 0.3) is 10.0 Å². The van der Waals surface area contributed by atoms with E-state index in [0.29, 0.717) is 5.75 Å². The number of sulfonamides is 1. The van der Waals surface area contributed by atoms with Crippen LogP contribution in [-0.2, 0) is 19.7 Å². The van der Waals surface area contributed by atoms with Crippen molar-refractivity contribution >= 4 is 16.0 Å². The fraction of sp³-hybridized carbons (Fsp3) is 0.462. The second kappa shape index (κ2) is 7.96. The highest BCUT2D eigenvalue weighted by Crippen LogP contribution is 2.16. The summed E-state index contributed by atoms with van der Waals surface area (Å²) in [5.41, 5.74) is 0. The van der Waals surface area contributed by atoms with Gasteiger partial charge in [0.05, 0.1) is 24.5 Å². The molecule has 2 N–H and O–H groups in total. The SMILES string of the molecule is CC(C)CONS(=O)(=O)c1ccc(OCCC(=O)O)cc1. The van der Waals surface area contributed by atoms with Gasteiger partial charge in [-0.3, -0.25) is 9.63 Å². The number of aliphatic carboxylic acids is 1. The first-order valence-electron chi connectivity index (χ1n) is 6.39. The van der Waals surface area contributed by atoms with E-state index >= 15 is 0 Å². The molecule has 7 nitrogen and oxygen atoms in total. The first-order valence-corrected chi connectivity index (χ1v) is 7.88. The Bertz CT molecular complexity index is 553. The molecule has 0 aliphatic carbocycles. The number of ether oxygens (including phenoxy) is 1. The van der Waals surface area contributed by atoms with Crippen molar-refractivity contribution in [1.29, 1.82) is 0 Å². The number of hydrogen-bond donors (Lipinski definition) is 2. The number of nitrogens with one attached hydrogen (secondary N) is 1. The maximum atomic E-state index is 11.9. The van der Waals surface area contributed by atoms with Crippen molar-refractivity contribution in [3.63, 3.8) is 0 Å². The van der Waals surface area contributed by atoms with Crippen LogP contribution in [0.4, 0.5) is 0 Å². The molecule has 1 aromatic rings. The van der Waals surface area contributed by atoms with Gasteiger partial charge in [0.1, 0.15) is 5.75 Å². The van der Waals surface area contributed by atoms with Gasteiger partial charge in [0.15, 0.2) is 0 Å². The second-order valence-corrected chi connectivity index (χ2v) is 6.40. The lowest BCUT2D eigenvalue weighted by molar-refractivity contribution is -0.137. The molecule has 0 aliphatic rings. The van der Waals surface area contributed by atoms with Crippen LogP contribution in [-0.4, -0.2) is 32.7 Å². The third-order valence-electron chi connectivity index (χ3n) is 2.30. The summed E-state index contributed by atoms with van der Waals surface area (Å²) in [7, 11) is -3.73. The van der Waals surface area contributed by atoms with Crippen molar-refractivity contribution in [2.75, 3.05) is 13.2 Å². The van der Waals surface area contributed by atoms with Crippen LogP contribution in [0.3, 0.4) is 0 Å². The molecule has 0 atom stereocenters. The Labute approximate surface area is 123 Å². The van der Waals surface area contributed by atoms with Gasteiger partial charge in [-0.2, -0.15) is 0 Å². The fourth-order valence-electron chi connectivity index (χ4n) is 1.30. The highest BCUT2D eigenvalue weighted by atomic mass is 32.2. The quantitative estimate of drug-likeness (QED) is 0.668. The van der Waals surface area contributed by atoms with Crippen LogP contribution in [0.15, 0.2) is 29.2 Å². The molecule has 0 aliphatic heterocycles. The summed E-state index contributed by atoms with van der Waals surface area (Å²) in [6.45, 7) is 4.10. The van der Waals surface area contributed by atoms with Gasteiger partial charge < -0.3 is 9.84 Å². The highest BCUT2D eigenvalue weighted by Gasteiger charge is 2.14. The zero-order valence-electron chi connectivity index (χ0n) is 11.9. The molecule has 0 heterocycles. The lowest BCUT2D eigenvalue weighted by atomic mass is 10.2. The summed E-state index contributed by atoms with van der Waals surface area (Å²) in [6.07, 6.45) is -0.120. The topological polar surface area (TPSA) is 102 Å². The number of carboxylic acids is 1. The predicted octanol–water partition coefficient (Wildman–Crippen LogP) is 1.41. The van der Waals surface area contributed by atoms with E-state index in [1.54, 1.807) is 0 Å². The van der Waals surface area contributed by atoms with E-state index in [4.69, 9.17) is 14.7 Å². The third kappa shape index (κ3) is 6.56. The Balaban J connectivity index is 2.57. The molecule has 0 unspecified atom stereocenters. The van der Waals surface area contributed by atoms with E-state index in [0.717, 1.165) is 0 Å². The molecule has 1 aromatic carbocycles. The smallest absolute Gasteiger partial charge is 0.306 e. The molecule has 0 amide bonds. The molecular formula is C13H19NO6S. The molecule has 0 saturated carbocycles. The average molecular weight is 317 g/mol. The van der Waals surface area contributed by atoms with Crippen LogP contribution in [0, 0.1) is 5.92 Å². The van der Waals surface area contributed by atoms with E-state index < -0.39 is 16.0 Å². The van der Waals surface area contributed by atoms with Gasteiger partial charge in [-0.05, 0) is 30.2 Å².